The van der Waals surface area contributed by atoms with Crippen LogP contribution in [0.1, 0.15) is 28.7 Å². The fourth-order valence-electron chi connectivity index (χ4n) is 1.23. The average Bonchev–Trinajstić information content (AvgIpc) is 2.81. The third-order valence-corrected chi connectivity index (χ3v) is 3.16. The number of carbonyl (C=O) groups is 1. The third kappa shape index (κ3) is 5.10. The van der Waals surface area contributed by atoms with E-state index in [0.717, 1.165) is 35.4 Å². The summed E-state index contributed by atoms with van der Waals surface area (Å²) >= 11 is 4.42. The van der Waals surface area contributed by atoms with Crippen LogP contribution in [0.25, 0.3) is 0 Å². The maximum absolute atomic E-state index is 11.7. The van der Waals surface area contributed by atoms with Crippen molar-refractivity contribution in [3.05, 3.63) is 10.6 Å². The predicted molar refractivity (Wildman–Crippen MR) is 70.9 cm³/mol. The van der Waals surface area contributed by atoms with Crippen molar-refractivity contribution in [3.63, 3.8) is 0 Å². The van der Waals surface area contributed by atoms with Gasteiger partial charge in [0.1, 0.15) is 4.88 Å². The molecule has 1 heterocycles. The highest BCUT2D eigenvalue weighted by atomic mass is 79.9. The molecule has 0 spiro atoms. The van der Waals surface area contributed by atoms with Crippen LogP contribution in [0.5, 0.6) is 0 Å². The van der Waals surface area contributed by atoms with Gasteiger partial charge in [0.2, 0.25) is 0 Å². The molecule has 1 aromatic rings. The maximum atomic E-state index is 11.7. The molecule has 0 atom stereocenters. The average molecular weight is 322 g/mol. The highest BCUT2D eigenvalue weighted by molar-refractivity contribution is 9.09. The van der Waals surface area contributed by atoms with Gasteiger partial charge >= 0.3 is 0 Å². The Morgan fingerprint density at radius 1 is 1.53 bits per heavy atom. The standard InChI is InChI=1S/C10H16BrN3O2S/c1-2-8-9(17-14-13-8)10(15)12-5-3-6-16-7-4-11/h2-7H2,1H3,(H,12,15). The first-order valence-electron chi connectivity index (χ1n) is 5.52. The number of ether oxygens (including phenoxy) is 1. The molecule has 0 radical (unpaired) electrons. The number of aromatic nitrogens is 2. The van der Waals surface area contributed by atoms with Crippen LogP contribution >= 0.6 is 27.5 Å². The molecule has 1 N–H and O–H groups in total. The van der Waals surface area contributed by atoms with Crippen LogP contribution in [-0.2, 0) is 11.2 Å². The number of nitrogens with one attached hydrogen (secondary N) is 1. The number of aryl methyl sites for hydroxylation is 1. The highest BCUT2D eigenvalue weighted by Crippen LogP contribution is 2.10. The summed E-state index contributed by atoms with van der Waals surface area (Å²) in [6.07, 6.45) is 1.54. The highest BCUT2D eigenvalue weighted by Gasteiger charge is 2.13. The van der Waals surface area contributed by atoms with Gasteiger partial charge in [0.15, 0.2) is 0 Å². The Labute approximate surface area is 113 Å². The lowest BCUT2D eigenvalue weighted by atomic mass is 10.3. The molecule has 0 unspecified atom stereocenters. The number of amides is 1. The fraction of sp³-hybridized carbons (Fsp3) is 0.700. The summed E-state index contributed by atoms with van der Waals surface area (Å²) in [5, 5.41) is 7.58. The summed E-state index contributed by atoms with van der Waals surface area (Å²) < 4.78 is 9.06. The van der Waals surface area contributed by atoms with Gasteiger partial charge < -0.3 is 10.1 Å². The number of halogens is 1. The van der Waals surface area contributed by atoms with Crippen molar-refractivity contribution in [2.45, 2.75) is 19.8 Å². The van der Waals surface area contributed by atoms with E-state index in [1.54, 1.807) is 0 Å². The lowest BCUT2D eigenvalue weighted by Crippen LogP contribution is -2.25. The smallest absolute Gasteiger partial charge is 0.264 e. The monoisotopic (exact) mass is 321 g/mol. The molecule has 0 aliphatic rings. The second-order valence-corrected chi connectivity index (χ2v) is 4.86. The SMILES string of the molecule is CCc1nnsc1C(=O)NCCCOCCBr. The van der Waals surface area contributed by atoms with Crippen molar-refractivity contribution in [3.8, 4) is 0 Å². The number of rotatable bonds is 8. The Hall–Kier alpha value is -0.530. The molecule has 7 heteroatoms. The second-order valence-electron chi connectivity index (χ2n) is 3.31. The van der Waals surface area contributed by atoms with Crippen LogP contribution in [-0.4, -0.2) is 40.6 Å². The largest absolute Gasteiger partial charge is 0.381 e. The van der Waals surface area contributed by atoms with Crippen molar-refractivity contribution < 1.29 is 9.53 Å². The van der Waals surface area contributed by atoms with Gasteiger partial charge in [-0.25, -0.2) is 0 Å². The minimum atomic E-state index is -0.0858. The summed E-state index contributed by atoms with van der Waals surface area (Å²) in [4.78, 5) is 12.4. The van der Waals surface area contributed by atoms with E-state index in [1.807, 2.05) is 6.92 Å². The van der Waals surface area contributed by atoms with Crippen molar-refractivity contribution in [2.24, 2.45) is 0 Å². The molecule has 0 aliphatic carbocycles. The van der Waals surface area contributed by atoms with Crippen molar-refractivity contribution in [1.82, 2.24) is 14.9 Å². The number of carbonyl (C=O) groups excluding carboxylic acids is 1. The minimum absolute atomic E-state index is 0.0858. The normalized spacial score (nSPS) is 10.5. The Morgan fingerprint density at radius 2 is 2.35 bits per heavy atom. The van der Waals surface area contributed by atoms with Gasteiger partial charge in [0.05, 0.1) is 12.3 Å². The summed E-state index contributed by atoms with van der Waals surface area (Å²) in [6.45, 7) is 3.93. The Bertz CT molecular complexity index is 346. The second kappa shape index (κ2) is 8.54. The lowest BCUT2D eigenvalue weighted by molar-refractivity contribution is 0.0947. The molecule has 1 rings (SSSR count). The molecular formula is C10H16BrN3O2S. The van der Waals surface area contributed by atoms with Crippen LogP contribution in [0.3, 0.4) is 0 Å². The Balaban J connectivity index is 2.21. The van der Waals surface area contributed by atoms with Crippen LogP contribution in [0, 0.1) is 0 Å². The molecule has 0 bridgehead atoms. The van der Waals surface area contributed by atoms with Gasteiger partial charge in [-0.15, -0.1) is 5.10 Å². The van der Waals surface area contributed by atoms with E-state index >= 15 is 0 Å². The molecule has 0 fully saturated rings. The molecule has 5 nitrogen and oxygen atoms in total. The molecule has 1 aromatic heterocycles. The van der Waals surface area contributed by atoms with Gasteiger partial charge in [-0.2, -0.15) is 0 Å². The van der Waals surface area contributed by atoms with Gasteiger partial charge in [-0.05, 0) is 24.4 Å². The van der Waals surface area contributed by atoms with Crippen molar-refractivity contribution in [1.29, 1.82) is 0 Å². The molecule has 1 amide bonds. The van der Waals surface area contributed by atoms with Crippen LogP contribution in [0.2, 0.25) is 0 Å². The van der Waals surface area contributed by atoms with E-state index in [1.165, 1.54) is 0 Å². The van der Waals surface area contributed by atoms with Crippen LogP contribution < -0.4 is 5.32 Å². The maximum Gasteiger partial charge on any atom is 0.264 e. The summed E-state index contributed by atoms with van der Waals surface area (Å²) in [5.74, 6) is -0.0858. The number of hydrogen-bond acceptors (Lipinski definition) is 5. The van der Waals surface area contributed by atoms with E-state index in [9.17, 15) is 4.79 Å². The zero-order valence-electron chi connectivity index (χ0n) is 9.74. The summed E-state index contributed by atoms with van der Waals surface area (Å²) in [7, 11) is 0. The van der Waals surface area contributed by atoms with E-state index in [4.69, 9.17) is 4.74 Å². The quantitative estimate of drug-likeness (QED) is 0.584. The first-order valence-corrected chi connectivity index (χ1v) is 7.42. The van der Waals surface area contributed by atoms with Gasteiger partial charge in [0.25, 0.3) is 5.91 Å². The van der Waals surface area contributed by atoms with Gasteiger partial charge in [0, 0.05) is 18.5 Å². The molecule has 96 valence electrons. The zero-order valence-corrected chi connectivity index (χ0v) is 12.1. The van der Waals surface area contributed by atoms with E-state index < -0.39 is 0 Å². The summed E-state index contributed by atoms with van der Waals surface area (Å²) in [6, 6.07) is 0. The first-order chi connectivity index (χ1) is 8.29. The van der Waals surface area contributed by atoms with Crippen molar-refractivity contribution in [2.75, 3.05) is 25.1 Å². The molecule has 17 heavy (non-hydrogen) atoms. The molecule has 0 saturated carbocycles. The molecule has 0 saturated heterocycles. The van der Waals surface area contributed by atoms with Crippen molar-refractivity contribution >= 4 is 33.4 Å². The third-order valence-electron chi connectivity index (χ3n) is 2.07. The molecular weight excluding hydrogens is 306 g/mol. The fourth-order valence-corrected chi connectivity index (χ4v) is 2.12. The number of nitrogens with zero attached hydrogens (tertiary/aromatic N) is 2. The van der Waals surface area contributed by atoms with E-state index in [-0.39, 0.29) is 5.91 Å². The lowest BCUT2D eigenvalue weighted by Gasteiger charge is -2.04. The summed E-state index contributed by atoms with van der Waals surface area (Å²) in [5.41, 5.74) is 0.767. The van der Waals surface area contributed by atoms with Crippen LogP contribution in [0.4, 0.5) is 0 Å². The van der Waals surface area contributed by atoms with Gasteiger partial charge in [-0.3, -0.25) is 4.79 Å². The van der Waals surface area contributed by atoms with Crippen LogP contribution in [0.15, 0.2) is 0 Å². The van der Waals surface area contributed by atoms with E-state index in [2.05, 4.69) is 30.8 Å². The number of alkyl halides is 1. The minimum Gasteiger partial charge on any atom is -0.381 e. The number of hydrogen-bond donors (Lipinski definition) is 1. The Morgan fingerprint density at radius 3 is 3.06 bits per heavy atom. The molecule has 0 aliphatic heterocycles. The molecule has 0 aromatic carbocycles. The van der Waals surface area contributed by atoms with E-state index in [0.29, 0.717) is 24.6 Å². The first kappa shape index (κ1) is 14.5. The predicted octanol–water partition coefficient (Wildman–Crippen LogP) is 1.63. The zero-order chi connectivity index (χ0) is 12.5. The topological polar surface area (TPSA) is 64.1 Å². The Kier molecular flexibility index (Phi) is 7.30. The van der Waals surface area contributed by atoms with Gasteiger partial charge in [-0.1, -0.05) is 27.3 Å².